The lowest BCUT2D eigenvalue weighted by molar-refractivity contribution is -0.125. The average molecular weight is 475 g/mol. The Morgan fingerprint density at radius 3 is 2.18 bits per heavy atom. The van der Waals surface area contributed by atoms with Gasteiger partial charge in [-0.05, 0) is 29.7 Å². The molecule has 192 valence electrons. The van der Waals surface area contributed by atoms with E-state index in [-0.39, 0.29) is 23.8 Å². The minimum Gasteiger partial charge on any atom is -0.497 e. The van der Waals surface area contributed by atoms with Crippen LogP contribution in [0.3, 0.4) is 0 Å². The number of benzene rings is 1. The summed E-state index contributed by atoms with van der Waals surface area (Å²) in [5.74, 6) is 1.02. The van der Waals surface area contributed by atoms with Gasteiger partial charge in [0.25, 0.3) is 0 Å². The number of rotatable bonds is 8. The van der Waals surface area contributed by atoms with Crippen LogP contribution in [-0.4, -0.2) is 37.4 Å². The van der Waals surface area contributed by atoms with Crippen molar-refractivity contribution in [2.75, 3.05) is 25.3 Å². The molecule has 0 spiro atoms. The first kappa shape index (κ1) is 33.5. The van der Waals surface area contributed by atoms with Crippen molar-refractivity contribution in [1.29, 1.82) is 0 Å². The number of fused-ring (bicyclic) bond motifs is 1. The molecule has 1 heterocycles. The van der Waals surface area contributed by atoms with Crippen LogP contribution in [0.25, 0.3) is 0 Å². The Morgan fingerprint density at radius 2 is 1.71 bits per heavy atom. The number of aliphatic hydroxyl groups is 1. The second kappa shape index (κ2) is 17.7. The number of hydrogen-bond acceptors (Lipinski definition) is 6. The van der Waals surface area contributed by atoms with E-state index in [0.29, 0.717) is 18.5 Å². The highest BCUT2D eigenvalue weighted by Gasteiger charge is 2.30. The van der Waals surface area contributed by atoms with Crippen LogP contribution in [0.5, 0.6) is 5.75 Å². The maximum Gasteiger partial charge on any atom is 0.159 e. The summed E-state index contributed by atoms with van der Waals surface area (Å²) >= 11 is 0. The molecule has 0 aliphatic carbocycles. The van der Waals surface area contributed by atoms with Crippen LogP contribution in [0.4, 0.5) is 5.69 Å². The molecule has 0 aromatic heterocycles. The predicted molar refractivity (Wildman–Crippen MR) is 144 cm³/mol. The van der Waals surface area contributed by atoms with Gasteiger partial charge in [0.2, 0.25) is 0 Å². The highest BCUT2D eigenvalue weighted by Crippen LogP contribution is 2.35. The quantitative estimate of drug-likeness (QED) is 0.356. The third kappa shape index (κ3) is 12.0. The molecule has 0 fully saturated rings. The van der Waals surface area contributed by atoms with Crippen LogP contribution in [0.1, 0.15) is 73.4 Å². The lowest BCUT2D eigenvalue weighted by Crippen LogP contribution is -2.41. The van der Waals surface area contributed by atoms with Crippen molar-refractivity contribution in [1.82, 2.24) is 5.43 Å². The van der Waals surface area contributed by atoms with Gasteiger partial charge in [0, 0.05) is 17.9 Å². The molecule has 0 bridgehead atoms. The number of carbonyl (C=O) groups is 2. The Hall–Kier alpha value is -2.70. The second-order valence-corrected chi connectivity index (χ2v) is 8.21. The van der Waals surface area contributed by atoms with Crippen molar-refractivity contribution in [2.45, 2.75) is 67.9 Å². The van der Waals surface area contributed by atoms with Gasteiger partial charge in [-0.3, -0.25) is 9.80 Å². The van der Waals surface area contributed by atoms with Crippen LogP contribution in [0.15, 0.2) is 54.7 Å². The molecule has 0 radical (unpaired) electrons. The number of ketones is 1. The first-order valence-corrected chi connectivity index (χ1v) is 11.9. The zero-order chi connectivity index (χ0) is 26.9. The third-order valence-corrected chi connectivity index (χ3v) is 4.59. The Bertz CT molecular complexity index is 807. The summed E-state index contributed by atoms with van der Waals surface area (Å²) in [6.07, 6.45) is 4.43. The Balaban J connectivity index is 0. The highest BCUT2D eigenvalue weighted by atomic mass is 16.5. The van der Waals surface area contributed by atoms with E-state index in [1.54, 1.807) is 19.3 Å². The number of aldehydes is 1. The smallest absolute Gasteiger partial charge is 0.159 e. The molecular formula is C28H46N2O4. The number of nitrogens with one attached hydrogen (secondary N) is 1. The van der Waals surface area contributed by atoms with Gasteiger partial charge in [-0.15, -0.1) is 0 Å². The summed E-state index contributed by atoms with van der Waals surface area (Å²) in [5.41, 5.74) is 6.56. The van der Waals surface area contributed by atoms with Crippen molar-refractivity contribution < 1.29 is 19.4 Å². The summed E-state index contributed by atoms with van der Waals surface area (Å²) in [6.45, 7) is 23.4. The molecule has 2 rings (SSSR count). The number of carbonyl (C=O) groups excluding carboxylic acids is 2. The zero-order valence-electron chi connectivity index (χ0n) is 22.7. The van der Waals surface area contributed by atoms with Crippen LogP contribution in [0, 0.1) is 5.41 Å². The van der Waals surface area contributed by atoms with Crippen molar-refractivity contribution >= 4 is 17.8 Å². The fourth-order valence-corrected chi connectivity index (χ4v) is 2.60. The molecule has 1 aliphatic heterocycles. The molecule has 0 amide bonds. The number of nitrogens with zero attached hydrogens (tertiary/aromatic N) is 1. The van der Waals surface area contributed by atoms with Crippen LogP contribution < -0.4 is 15.2 Å². The number of allylic oxidation sites excluding steroid dienone is 2. The van der Waals surface area contributed by atoms with Gasteiger partial charge in [-0.1, -0.05) is 79.8 Å². The molecule has 6 nitrogen and oxygen atoms in total. The Labute approximate surface area is 207 Å². The predicted octanol–water partition coefficient (Wildman–Crippen LogP) is 5.98. The molecule has 0 saturated heterocycles. The first-order valence-electron chi connectivity index (χ1n) is 11.9. The summed E-state index contributed by atoms with van der Waals surface area (Å²) in [5, 5.41) is 10.5. The molecular weight excluding hydrogens is 428 g/mol. The van der Waals surface area contributed by atoms with E-state index in [2.05, 4.69) is 25.5 Å². The number of Topliss-reactive ketones (excluding diaryl/α,β-unsaturated/α-hetero) is 1. The fourth-order valence-electron chi connectivity index (χ4n) is 2.60. The van der Waals surface area contributed by atoms with Gasteiger partial charge in [-0.25, -0.2) is 5.43 Å². The minimum atomic E-state index is -0.327. The van der Waals surface area contributed by atoms with Crippen molar-refractivity contribution in [3.63, 3.8) is 0 Å². The first-order chi connectivity index (χ1) is 16.0. The maximum absolute atomic E-state index is 12.2. The summed E-state index contributed by atoms with van der Waals surface area (Å²) in [7, 11) is 1.65. The van der Waals surface area contributed by atoms with Crippen LogP contribution >= 0.6 is 0 Å². The van der Waals surface area contributed by atoms with E-state index >= 15 is 0 Å². The molecule has 34 heavy (non-hydrogen) atoms. The van der Waals surface area contributed by atoms with Crippen molar-refractivity contribution in [2.24, 2.45) is 5.41 Å². The van der Waals surface area contributed by atoms with Gasteiger partial charge in [0.05, 0.1) is 32.0 Å². The van der Waals surface area contributed by atoms with E-state index in [9.17, 15) is 9.59 Å². The van der Waals surface area contributed by atoms with Gasteiger partial charge < -0.3 is 14.6 Å². The van der Waals surface area contributed by atoms with E-state index in [1.807, 2.05) is 71.7 Å². The van der Waals surface area contributed by atoms with Crippen LogP contribution in [0.2, 0.25) is 0 Å². The third-order valence-electron chi connectivity index (χ3n) is 4.59. The molecule has 1 aliphatic rings. The number of aliphatic hydroxyl groups excluding tert-OH is 1. The number of ether oxygens (including phenoxy) is 1. The number of hydrazine groups is 1. The van der Waals surface area contributed by atoms with Crippen molar-refractivity contribution in [3.8, 4) is 5.75 Å². The summed E-state index contributed by atoms with van der Waals surface area (Å²) in [4.78, 5) is 22.1. The lowest BCUT2D eigenvalue weighted by Gasteiger charge is -2.24. The Morgan fingerprint density at radius 1 is 1.15 bits per heavy atom. The highest BCUT2D eigenvalue weighted by molar-refractivity contribution is 5.88. The number of methoxy groups -OCH3 is 1. The minimum absolute atomic E-state index is 0.0646. The van der Waals surface area contributed by atoms with E-state index in [1.165, 1.54) is 5.56 Å². The normalized spacial score (nSPS) is 13.8. The maximum atomic E-state index is 12.2. The largest absolute Gasteiger partial charge is 0.497 e. The number of anilines is 1. The molecule has 6 heteroatoms. The summed E-state index contributed by atoms with van der Waals surface area (Å²) < 4.78 is 5.26. The average Bonchev–Trinajstić information content (AvgIpc) is 3.14. The number of hydrogen-bond donors (Lipinski definition) is 2. The molecule has 1 aromatic carbocycles. The molecule has 2 N–H and O–H groups in total. The van der Waals surface area contributed by atoms with Gasteiger partial charge in [-0.2, -0.15) is 0 Å². The van der Waals surface area contributed by atoms with E-state index in [4.69, 9.17) is 9.84 Å². The SMILES string of the molecule is C=C(/C=C\C(=C)CC=O)CO.CC.CC.COc1ccc2c(c1)N(CC(=O)C(C)(C)C)NC2C. The van der Waals surface area contributed by atoms with Gasteiger partial charge >= 0.3 is 0 Å². The summed E-state index contributed by atoms with van der Waals surface area (Å²) in [6, 6.07) is 6.19. The molecule has 1 atom stereocenters. The zero-order valence-corrected chi connectivity index (χ0v) is 22.7. The van der Waals surface area contributed by atoms with Crippen LogP contribution in [-0.2, 0) is 9.59 Å². The molecule has 0 saturated carbocycles. The fraction of sp³-hybridized carbons (Fsp3) is 0.500. The monoisotopic (exact) mass is 474 g/mol. The van der Waals surface area contributed by atoms with Gasteiger partial charge in [0.15, 0.2) is 5.78 Å². The van der Waals surface area contributed by atoms with E-state index < -0.39 is 0 Å². The molecule has 1 unspecified atom stereocenters. The second-order valence-electron chi connectivity index (χ2n) is 8.21. The van der Waals surface area contributed by atoms with Gasteiger partial charge in [0.1, 0.15) is 12.0 Å². The Kier molecular flexibility index (Phi) is 17.5. The standard InChI is InChI=1S/C15H22N2O2.C9H12O2.2C2H6/c1-10-12-7-6-11(19-5)8-13(12)17(16-10)9-14(18)15(2,3)4;1-8(5-6-10)3-4-9(2)7-11;2*1-2/h6-8,10,16H,9H2,1-5H3;3-4,6,11H,1-2,5,7H2;2*1-2H3/b;4-3-;;. The lowest BCUT2D eigenvalue weighted by atomic mass is 9.91. The van der Waals surface area contributed by atoms with Crippen molar-refractivity contribution in [3.05, 3.63) is 60.2 Å². The topological polar surface area (TPSA) is 78.9 Å². The molecule has 1 aromatic rings. The van der Waals surface area contributed by atoms with E-state index in [0.717, 1.165) is 23.3 Å².